The molecule has 1 aliphatic rings. The van der Waals surface area contributed by atoms with Crippen molar-refractivity contribution in [1.82, 2.24) is 14.8 Å². The number of hydrogen-bond donors (Lipinski definition) is 2. The number of phenolic OH excluding ortho intramolecular Hbond substituents is 1. The number of esters is 1. The summed E-state index contributed by atoms with van der Waals surface area (Å²) in [6.45, 7) is 5.15. The van der Waals surface area contributed by atoms with Crippen molar-refractivity contribution in [1.29, 1.82) is 0 Å². The fourth-order valence-electron chi connectivity index (χ4n) is 2.80. The molecule has 10 heteroatoms. The number of fused-ring (bicyclic) bond motifs is 1. The summed E-state index contributed by atoms with van der Waals surface area (Å²) in [6.07, 6.45) is 0.975. The van der Waals surface area contributed by atoms with Crippen LogP contribution in [0.3, 0.4) is 0 Å². The third kappa shape index (κ3) is 2.96. The van der Waals surface area contributed by atoms with Crippen LogP contribution in [-0.2, 0) is 9.53 Å². The van der Waals surface area contributed by atoms with Gasteiger partial charge in [-0.3, -0.25) is 10.1 Å². The van der Waals surface area contributed by atoms with E-state index in [4.69, 9.17) is 4.74 Å². The van der Waals surface area contributed by atoms with E-state index in [9.17, 15) is 20.0 Å². The monoisotopic (exact) mass is 359 g/mol. The molecule has 0 saturated heterocycles. The maximum absolute atomic E-state index is 12.7. The molecule has 136 valence electrons. The molecular weight excluding hydrogens is 342 g/mol. The summed E-state index contributed by atoms with van der Waals surface area (Å²) >= 11 is 0. The maximum atomic E-state index is 12.7. The zero-order valence-electron chi connectivity index (χ0n) is 14.3. The van der Waals surface area contributed by atoms with Gasteiger partial charge in [-0.1, -0.05) is 6.07 Å². The van der Waals surface area contributed by atoms with E-state index < -0.39 is 28.4 Å². The maximum Gasteiger partial charge on any atom is 0.338 e. The van der Waals surface area contributed by atoms with E-state index in [-0.39, 0.29) is 11.7 Å². The number of benzene rings is 1. The van der Waals surface area contributed by atoms with Crippen molar-refractivity contribution in [2.75, 3.05) is 5.32 Å². The van der Waals surface area contributed by atoms with Gasteiger partial charge in [0.05, 0.1) is 16.6 Å². The van der Waals surface area contributed by atoms with Crippen LogP contribution in [-0.4, -0.2) is 36.9 Å². The summed E-state index contributed by atoms with van der Waals surface area (Å²) in [4.78, 5) is 27.2. The van der Waals surface area contributed by atoms with Crippen LogP contribution in [0.25, 0.3) is 0 Å². The zero-order chi connectivity index (χ0) is 19.0. The van der Waals surface area contributed by atoms with Crippen LogP contribution in [0.2, 0.25) is 0 Å². The van der Waals surface area contributed by atoms with Crippen LogP contribution in [0, 0.1) is 10.1 Å². The van der Waals surface area contributed by atoms with Crippen molar-refractivity contribution in [2.45, 2.75) is 32.9 Å². The molecule has 1 aromatic heterocycles. The molecule has 0 radical (unpaired) electrons. The van der Waals surface area contributed by atoms with Gasteiger partial charge in [0, 0.05) is 11.8 Å². The second-order valence-electron chi connectivity index (χ2n) is 6.05. The Balaban J connectivity index is 2.17. The molecule has 0 unspecified atom stereocenters. The quantitative estimate of drug-likeness (QED) is 0.482. The van der Waals surface area contributed by atoms with Crippen LogP contribution < -0.4 is 5.32 Å². The minimum Gasteiger partial charge on any atom is -0.502 e. The number of hydrogen-bond acceptors (Lipinski definition) is 8. The molecule has 1 atom stereocenters. The average Bonchev–Trinajstić information content (AvgIpc) is 3.00. The van der Waals surface area contributed by atoms with E-state index in [0.717, 1.165) is 0 Å². The highest BCUT2D eigenvalue weighted by Gasteiger charge is 2.35. The minimum atomic E-state index is -0.778. The van der Waals surface area contributed by atoms with Gasteiger partial charge >= 0.3 is 11.7 Å². The van der Waals surface area contributed by atoms with E-state index in [0.29, 0.717) is 17.2 Å². The molecule has 2 aromatic rings. The number of allylic oxidation sites excluding steroid dienone is 1. The lowest BCUT2D eigenvalue weighted by atomic mass is 9.95. The van der Waals surface area contributed by atoms with Crippen LogP contribution in [0.4, 0.5) is 11.6 Å². The van der Waals surface area contributed by atoms with Crippen molar-refractivity contribution in [3.63, 3.8) is 0 Å². The number of anilines is 1. The molecule has 3 rings (SSSR count). The summed E-state index contributed by atoms with van der Waals surface area (Å²) in [5.74, 6) is -0.630. The summed E-state index contributed by atoms with van der Waals surface area (Å²) in [6, 6.07) is 3.15. The molecule has 0 amide bonds. The largest absolute Gasteiger partial charge is 0.502 e. The molecule has 0 saturated carbocycles. The average molecular weight is 359 g/mol. The summed E-state index contributed by atoms with van der Waals surface area (Å²) in [5, 5.41) is 28.0. The third-order valence-electron chi connectivity index (χ3n) is 3.87. The third-order valence-corrected chi connectivity index (χ3v) is 3.87. The molecule has 0 fully saturated rings. The Morgan fingerprint density at radius 3 is 2.85 bits per heavy atom. The normalized spacial score (nSPS) is 16.2. The lowest BCUT2D eigenvalue weighted by Crippen LogP contribution is -2.30. The predicted octanol–water partition coefficient (Wildman–Crippen LogP) is 2.13. The van der Waals surface area contributed by atoms with E-state index in [1.807, 2.05) is 0 Å². The van der Waals surface area contributed by atoms with Crippen molar-refractivity contribution in [2.24, 2.45) is 0 Å². The Labute approximate surface area is 148 Å². The van der Waals surface area contributed by atoms with Gasteiger partial charge in [-0.15, -0.1) is 0 Å². The van der Waals surface area contributed by atoms with Crippen LogP contribution in [0.5, 0.6) is 5.75 Å². The van der Waals surface area contributed by atoms with E-state index in [1.165, 1.54) is 29.2 Å². The number of aromatic hydroxyl groups is 1. The number of ether oxygens (including phenoxy) is 1. The van der Waals surface area contributed by atoms with Crippen molar-refractivity contribution < 1.29 is 19.6 Å². The standard InChI is InChI=1S/C16H17N5O5/c1-8(2)26-15(23)13-9(3)19-16-17-7-18-20(16)14(13)10-4-5-12(22)11(6-10)21(24)25/h4-8,14,22H,1-3H3,(H,17,18,19)/t14-/m0/s1. The minimum absolute atomic E-state index is 0.261. The van der Waals surface area contributed by atoms with Gasteiger partial charge in [-0.25, -0.2) is 9.48 Å². The molecule has 2 heterocycles. The van der Waals surface area contributed by atoms with Crippen molar-refractivity contribution in [3.8, 4) is 5.75 Å². The van der Waals surface area contributed by atoms with Gasteiger partial charge in [0.1, 0.15) is 12.4 Å². The Hall–Kier alpha value is -3.43. The summed E-state index contributed by atoms with van der Waals surface area (Å²) < 4.78 is 6.77. The first-order chi connectivity index (χ1) is 12.3. The lowest BCUT2D eigenvalue weighted by molar-refractivity contribution is -0.385. The number of nitro benzene ring substituents is 1. The second-order valence-corrected chi connectivity index (χ2v) is 6.05. The Bertz CT molecular complexity index is 918. The molecule has 1 aromatic carbocycles. The number of phenols is 1. The Kier molecular flexibility index (Phi) is 4.33. The van der Waals surface area contributed by atoms with Gasteiger partial charge in [-0.05, 0) is 32.4 Å². The van der Waals surface area contributed by atoms with Gasteiger partial charge in [0.25, 0.3) is 0 Å². The second kappa shape index (κ2) is 6.47. The summed E-state index contributed by atoms with van der Waals surface area (Å²) in [5.41, 5.74) is 0.711. The Morgan fingerprint density at radius 1 is 1.46 bits per heavy atom. The molecule has 0 spiro atoms. The van der Waals surface area contributed by atoms with E-state index >= 15 is 0 Å². The van der Waals surface area contributed by atoms with Crippen LogP contribution in [0.1, 0.15) is 32.4 Å². The fraction of sp³-hybridized carbons (Fsp3) is 0.312. The molecule has 10 nitrogen and oxygen atoms in total. The fourth-order valence-corrected chi connectivity index (χ4v) is 2.80. The van der Waals surface area contributed by atoms with Crippen LogP contribution in [0.15, 0.2) is 35.8 Å². The number of carbonyl (C=O) groups is 1. The molecule has 26 heavy (non-hydrogen) atoms. The first kappa shape index (κ1) is 17.4. The number of aromatic nitrogens is 3. The smallest absolute Gasteiger partial charge is 0.338 e. The van der Waals surface area contributed by atoms with Gasteiger partial charge in [0.15, 0.2) is 5.75 Å². The van der Waals surface area contributed by atoms with Gasteiger partial charge < -0.3 is 15.2 Å². The highest BCUT2D eigenvalue weighted by molar-refractivity contribution is 5.92. The number of nitro groups is 1. The van der Waals surface area contributed by atoms with Crippen molar-refractivity contribution in [3.05, 3.63) is 51.5 Å². The van der Waals surface area contributed by atoms with Crippen LogP contribution >= 0.6 is 0 Å². The molecular formula is C16H17N5O5. The Morgan fingerprint density at radius 2 is 2.19 bits per heavy atom. The topological polar surface area (TPSA) is 132 Å². The number of nitrogens with one attached hydrogen (secondary N) is 1. The van der Waals surface area contributed by atoms with E-state index in [2.05, 4.69) is 15.4 Å². The number of nitrogens with zero attached hydrogens (tertiary/aromatic N) is 4. The lowest BCUT2D eigenvalue weighted by Gasteiger charge is -2.28. The van der Waals surface area contributed by atoms with E-state index in [1.54, 1.807) is 20.8 Å². The first-order valence-electron chi connectivity index (χ1n) is 7.85. The first-order valence-corrected chi connectivity index (χ1v) is 7.85. The van der Waals surface area contributed by atoms with Gasteiger partial charge in [-0.2, -0.15) is 10.1 Å². The zero-order valence-corrected chi connectivity index (χ0v) is 14.3. The highest BCUT2D eigenvalue weighted by Crippen LogP contribution is 2.38. The molecule has 1 aliphatic heterocycles. The predicted molar refractivity (Wildman–Crippen MR) is 90.5 cm³/mol. The van der Waals surface area contributed by atoms with Crippen molar-refractivity contribution >= 4 is 17.6 Å². The SMILES string of the molecule is CC1=C(C(=O)OC(C)C)[C@H](c2ccc(O)c([N+](=O)[O-])c2)n2ncnc2N1. The molecule has 0 bridgehead atoms. The highest BCUT2D eigenvalue weighted by atomic mass is 16.6. The van der Waals surface area contributed by atoms with Gasteiger partial charge in [0.2, 0.25) is 5.95 Å². The molecule has 0 aliphatic carbocycles. The number of rotatable bonds is 4. The molecule has 2 N–H and O–H groups in total. The summed E-state index contributed by atoms with van der Waals surface area (Å²) in [7, 11) is 0. The number of carbonyl (C=O) groups excluding carboxylic acids is 1.